The lowest BCUT2D eigenvalue weighted by molar-refractivity contribution is -0.160. The number of carbonyl (C=O) groups is 1. The number of methoxy groups -OCH3 is 1. The van der Waals surface area contributed by atoms with Crippen LogP contribution in [0.25, 0.3) is 0 Å². The third kappa shape index (κ3) is 6.64. The van der Waals surface area contributed by atoms with Crippen LogP contribution in [-0.2, 0) is 34.1 Å². The highest BCUT2D eigenvalue weighted by Gasteiger charge is 2.40. The molecule has 0 aromatic heterocycles. The molecule has 1 aromatic rings. The predicted molar refractivity (Wildman–Crippen MR) is 115 cm³/mol. The van der Waals surface area contributed by atoms with Gasteiger partial charge in [0.25, 0.3) is 0 Å². The van der Waals surface area contributed by atoms with Gasteiger partial charge in [0.1, 0.15) is 18.0 Å². The molecule has 31 heavy (non-hydrogen) atoms. The van der Waals surface area contributed by atoms with Crippen molar-refractivity contribution < 1.29 is 35.8 Å². The molecule has 0 N–H and O–H groups in total. The number of ether oxygens (including phenoxy) is 3. The first-order valence-electron chi connectivity index (χ1n) is 9.83. The van der Waals surface area contributed by atoms with Crippen LogP contribution in [0.3, 0.4) is 0 Å². The Morgan fingerprint density at radius 1 is 1.19 bits per heavy atom. The van der Waals surface area contributed by atoms with Gasteiger partial charge in [0.15, 0.2) is 9.84 Å². The minimum atomic E-state index is -4.01. The van der Waals surface area contributed by atoms with Crippen LogP contribution in [0.5, 0.6) is 5.75 Å². The minimum absolute atomic E-state index is 0.116. The van der Waals surface area contributed by atoms with E-state index in [0.717, 1.165) is 4.31 Å². The zero-order chi connectivity index (χ0) is 23.6. The molecule has 1 aromatic carbocycles. The van der Waals surface area contributed by atoms with Gasteiger partial charge in [-0.1, -0.05) is 0 Å². The first-order valence-corrected chi connectivity index (χ1v) is 13.1. The molecule has 0 radical (unpaired) electrons. The van der Waals surface area contributed by atoms with Gasteiger partial charge in [-0.15, -0.1) is 0 Å². The second-order valence-corrected chi connectivity index (χ2v) is 12.6. The van der Waals surface area contributed by atoms with E-state index >= 15 is 0 Å². The van der Waals surface area contributed by atoms with E-state index in [2.05, 4.69) is 0 Å². The average Bonchev–Trinajstić information content (AvgIpc) is 2.58. The number of nitrogens with zero attached hydrogens (tertiary/aromatic N) is 1. The van der Waals surface area contributed by atoms with Crippen molar-refractivity contribution in [2.75, 3.05) is 38.4 Å². The van der Waals surface area contributed by atoms with E-state index in [4.69, 9.17) is 14.2 Å². The summed E-state index contributed by atoms with van der Waals surface area (Å²) in [6.45, 7) is 7.64. The number of benzene rings is 1. The van der Waals surface area contributed by atoms with Gasteiger partial charge >= 0.3 is 5.97 Å². The average molecular weight is 478 g/mol. The summed E-state index contributed by atoms with van der Waals surface area (Å²) in [4.78, 5) is 12.0. The van der Waals surface area contributed by atoms with E-state index in [1.54, 1.807) is 46.8 Å². The molecule has 1 unspecified atom stereocenters. The van der Waals surface area contributed by atoms with Crippen molar-refractivity contribution in [3.05, 3.63) is 23.3 Å². The largest absolute Gasteiger partial charge is 0.497 e. The van der Waals surface area contributed by atoms with Gasteiger partial charge in [-0.05, 0) is 57.9 Å². The van der Waals surface area contributed by atoms with E-state index in [1.165, 1.54) is 7.11 Å². The van der Waals surface area contributed by atoms with E-state index in [-0.39, 0.29) is 29.6 Å². The van der Waals surface area contributed by atoms with Gasteiger partial charge in [0.05, 0.1) is 36.2 Å². The molecule has 1 aliphatic rings. The SMILES string of the molecule is COc1cc(C)c(S(=O)(=O)N2CCS(=O)(=O)CC2COCC(=O)OC(C)(C)C)c(C)c1. The van der Waals surface area contributed by atoms with Gasteiger partial charge < -0.3 is 14.2 Å². The highest BCUT2D eigenvalue weighted by atomic mass is 32.2. The zero-order valence-electron chi connectivity index (χ0n) is 18.8. The summed E-state index contributed by atoms with van der Waals surface area (Å²) in [5, 5.41) is 0. The molecular formula is C20H31NO8S2. The quantitative estimate of drug-likeness (QED) is 0.542. The smallest absolute Gasteiger partial charge is 0.332 e. The van der Waals surface area contributed by atoms with Gasteiger partial charge in [-0.3, -0.25) is 0 Å². The van der Waals surface area contributed by atoms with Crippen LogP contribution in [0.2, 0.25) is 0 Å². The molecule has 1 saturated heterocycles. The topological polar surface area (TPSA) is 116 Å². The maximum Gasteiger partial charge on any atom is 0.332 e. The van der Waals surface area contributed by atoms with Gasteiger partial charge in [0.2, 0.25) is 10.0 Å². The maximum atomic E-state index is 13.5. The molecule has 0 saturated carbocycles. The third-order valence-electron chi connectivity index (χ3n) is 4.66. The van der Waals surface area contributed by atoms with Crippen molar-refractivity contribution >= 4 is 25.8 Å². The normalized spacial score (nSPS) is 19.7. The van der Waals surface area contributed by atoms with Crippen LogP contribution < -0.4 is 4.74 Å². The summed E-state index contributed by atoms with van der Waals surface area (Å²) in [6, 6.07) is 2.29. The maximum absolute atomic E-state index is 13.5. The van der Waals surface area contributed by atoms with Crippen LogP contribution in [0.15, 0.2) is 17.0 Å². The van der Waals surface area contributed by atoms with Crippen LogP contribution in [0.4, 0.5) is 0 Å². The molecule has 0 amide bonds. The van der Waals surface area contributed by atoms with Gasteiger partial charge in [0, 0.05) is 6.54 Å². The summed E-state index contributed by atoms with van der Waals surface area (Å²) < 4.78 is 68.2. The van der Waals surface area contributed by atoms with E-state index in [0.29, 0.717) is 16.9 Å². The summed E-state index contributed by atoms with van der Waals surface area (Å²) in [5.41, 5.74) is 0.311. The molecule has 2 rings (SSSR count). The second-order valence-electron chi connectivity index (χ2n) is 8.58. The monoisotopic (exact) mass is 477 g/mol. The number of aryl methyl sites for hydroxylation is 2. The molecular weight excluding hydrogens is 446 g/mol. The Balaban J connectivity index is 2.27. The van der Waals surface area contributed by atoms with Crippen LogP contribution in [0.1, 0.15) is 31.9 Å². The van der Waals surface area contributed by atoms with Crippen LogP contribution in [-0.4, -0.2) is 77.1 Å². The molecule has 1 heterocycles. The standard InChI is InChI=1S/C20H31NO8S2/c1-14-9-17(27-6)10-15(2)19(14)31(25,26)21-7-8-30(23,24)13-16(21)11-28-12-18(22)29-20(3,4)5/h9-10,16H,7-8,11-13H2,1-6H3. The molecule has 9 nitrogen and oxygen atoms in total. The first-order chi connectivity index (χ1) is 14.2. The number of sulfonamides is 1. The predicted octanol–water partition coefficient (Wildman–Crippen LogP) is 1.46. The fraction of sp³-hybridized carbons (Fsp3) is 0.650. The number of rotatable bonds is 7. The van der Waals surface area contributed by atoms with E-state index in [9.17, 15) is 21.6 Å². The van der Waals surface area contributed by atoms with Gasteiger partial charge in [-0.2, -0.15) is 4.31 Å². The summed E-state index contributed by atoms with van der Waals surface area (Å²) in [6.07, 6.45) is 0. The highest BCUT2D eigenvalue weighted by Crippen LogP contribution is 2.30. The molecule has 1 atom stereocenters. The molecule has 0 spiro atoms. The van der Waals surface area contributed by atoms with Crippen LogP contribution in [0, 0.1) is 13.8 Å². The van der Waals surface area contributed by atoms with Crippen molar-refractivity contribution in [1.29, 1.82) is 0 Å². The number of hydrogen-bond acceptors (Lipinski definition) is 8. The molecule has 1 aliphatic heterocycles. The lowest BCUT2D eigenvalue weighted by atomic mass is 10.1. The van der Waals surface area contributed by atoms with Crippen molar-refractivity contribution in [2.45, 2.75) is 51.2 Å². The summed E-state index contributed by atoms with van der Waals surface area (Å²) >= 11 is 0. The number of carbonyl (C=O) groups excluding carboxylic acids is 1. The zero-order valence-corrected chi connectivity index (χ0v) is 20.4. The third-order valence-corrected chi connectivity index (χ3v) is 8.62. The molecule has 0 aliphatic carbocycles. The lowest BCUT2D eigenvalue weighted by Gasteiger charge is -2.35. The Labute approximate surface area is 184 Å². The Morgan fingerprint density at radius 2 is 1.77 bits per heavy atom. The van der Waals surface area contributed by atoms with Gasteiger partial charge in [-0.25, -0.2) is 21.6 Å². The van der Waals surface area contributed by atoms with E-state index < -0.39 is 44.1 Å². The van der Waals surface area contributed by atoms with Crippen molar-refractivity contribution in [2.24, 2.45) is 0 Å². The molecule has 1 fully saturated rings. The number of hydrogen-bond donors (Lipinski definition) is 0. The minimum Gasteiger partial charge on any atom is -0.497 e. The Kier molecular flexibility index (Phi) is 7.78. The fourth-order valence-corrected chi connectivity index (χ4v) is 7.26. The molecule has 176 valence electrons. The fourth-order valence-electron chi connectivity index (χ4n) is 3.52. The Bertz CT molecular complexity index is 1000. The Morgan fingerprint density at radius 3 is 2.29 bits per heavy atom. The van der Waals surface area contributed by atoms with Crippen molar-refractivity contribution in [3.63, 3.8) is 0 Å². The molecule has 11 heteroatoms. The summed E-state index contributed by atoms with van der Waals surface area (Å²) in [7, 11) is -5.95. The van der Waals surface area contributed by atoms with Crippen molar-refractivity contribution in [1.82, 2.24) is 4.31 Å². The van der Waals surface area contributed by atoms with Crippen LogP contribution >= 0.6 is 0 Å². The molecule has 0 bridgehead atoms. The number of esters is 1. The lowest BCUT2D eigenvalue weighted by Crippen LogP contribution is -2.53. The number of sulfone groups is 1. The first kappa shape index (κ1) is 25.6. The Hall–Kier alpha value is -1.69. The second kappa shape index (κ2) is 9.43. The van der Waals surface area contributed by atoms with Crippen molar-refractivity contribution in [3.8, 4) is 5.75 Å². The van der Waals surface area contributed by atoms with E-state index in [1.807, 2.05) is 0 Å². The highest BCUT2D eigenvalue weighted by molar-refractivity contribution is 7.92. The summed E-state index contributed by atoms with van der Waals surface area (Å²) in [5.74, 6) is -0.729.